The van der Waals surface area contributed by atoms with Crippen LogP contribution in [0.1, 0.15) is 28.8 Å². The van der Waals surface area contributed by atoms with E-state index in [1.54, 1.807) is 7.11 Å². The highest BCUT2D eigenvalue weighted by Crippen LogP contribution is 2.28. The normalized spacial score (nSPS) is 13.5. The third-order valence-corrected chi connectivity index (χ3v) is 3.25. The van der Waals surface area contributed by atoms with E-state index in [4.69, 9.17) is 10.5 Å². The molecule has 1 amide bonds. The minimum Gasteiger partial charge on any atom is -0.383 e. The van der Waals surface area contributed by atoms with E-state index in [1.807, 2.05) is 29.2 Å². The van der Waals surface area contributed by atoms with E-state index in [0.29, 0.717) is 31.3 Å². The van der Waals surface area contributed by atoms with E-state index in [0.717, 1.165) is 18.4 Å². The monoisotopic (exact) mass is 272 g/mol. The average molecular weight is 272 g/mol. The van der Waals surface area contributed by atoms with Crippen molar-refractivity contribution in [1.29, 1.82) is 0 Å². The van der Waals surface area contributed by atoms with Gasteiger partial charge in [0.05, 0.1) is 13.2 Å². The first kappa shape index (κ1) is 14.6. The number of amides is 1. The van der Waals surface area contributed by atoms with Crippen LogP contribution in [0.2, 0.25) is 0 Å². The van der Waals surface area contributed by atoms with Crippen LogP contribution in [0.4, 0.5) is 0 Å². The Balaban J connectivity index is 2.06. The number of carbonyl (C=O) groups is 1. The fraction of sp³-hybridized carbons (Fsp3) is 0.438. The maximum Gasteiger partial charge on any atom is 0.254 e. The molecule has 0 aliphatic heterocycles. The van der Waals surface area contributed by atoms with Crippen molar-refractivity contribution < 1.29 is 9.53 Å². The number of methoxy groups -OCH3 is 1. The lowest BCUT2D eigenvalue weighted by atomic mass is 10.1. The molecule has 0 spiro atoms. The van der Waals surface area contributed by atoms with E-state index in [9.17, 15) is 4.79 Å². The quantitative estimate of drug-likeness (QED) is 0.821. The van der Waals surface area contributed by atoms with Gasteiger partial charge in [0.25, 0.3) is 5.91 Å². The van der Waals surface area contributed by atoms with Crippen LogP contribution in [0.25, 0.3) is 0 Å². The fourth-order valence-electron chi connectivity index (χ4n) is 2.04. The second-order valence-electron chi connectivity index (χ2n) is 4.81. The summed E-state index contributed by atoms with van der Waals surface area (Å²) in [5, 5.41) is 0. The lowest BCUT2D eigenvalue weighted by Gasteiger charge is -2.22. The molecule has 1 aliphatic rings. The number of ether oxygens (including phenoxy) is 1. The molecule has 0 heterocycles. The molecule has 4 nitrogen and oxygen atoms in total. The zero-order valence-electron chi connectivity index (χ0n) is 11.8. The molecule has 2 rings (SSSR count). The fourth-order valence-corrected chi connectivity index (χ4v) is 2.04. The van der Waals surface area contributed by atoms with E-state index in [1.165, 1.54) is 0 Å². The minimum absolute atomic E-state index is 0.0721. The van der Waals surface area contributed by atoms with Crippen LogP contribution < -0.4 is 5.73 Å². The number of hydrogen-bond acceptors (Lipinski definition) is 3. The molecule has 1 saturated carbocycles. The Bertz CT molecular complexity index is 510. The highest BCUT2D eigenvalue weighted by Gasteiger charge is 2.32. The zero-order valence-corrected chi connectivity index (χ0v) is 11.8. The molecule has 2 N–H and O–H groups in total. The van der Waals surface area contributed by atoms with Crippen molar-refractivity contribution in [3.63, 3.8) is 0 Å². The van der Waals surface area contributed by atoms with Crippen molar-refractivity contribution in [3.8, 4) is 11.8 Å². The first-order chi connectivity index (χ1) is 9.76. The second-order valence-corrected chi connectivity index (χ2v) is 4.81. The highest BCUT2D eigenvalue weighted by molar-refractivity contribution is 5.94. The van der Waals surface area contributed by atoms with Crippen molar-refractivity contribution >= 4 is 5.91 Å². The molecule has 106 valence electrons. The maximum atomic E-state index is 12.5. The summed E-state index contributed by atoms with van der Waals surface area (Å²) >= 11 is 0. The van der Waals surface area contributed by atoms with Gasteiger partial charge in [-0.15, -0.1) is 0 Å². The van der Waals surface area contributed by atoms with Crippen molar-refractivity contribution in [3.05, 3.63) is 35.4 Å². The molecule has 1 aromatic carbocycles. The van der Waals surface area contributed by atoms with E-state index < -0.39 is 0 Å². The molecule has 0 unspecified atom stereocenters. The van der Waals surface area contributed by atoms with Crippen molar-refractivity contribution in [2.24, 2.45) is 5.73 Å². The number of nitrogens with two attached hydrogens (primary N) is 1. The van der Waals surface area contributed by atoms with Crippen molar-refractivity contribution in [2.75, 3.05) is 26.8 Å². The summed E-state index contributed by atoms with van der Waals surface area (Å²) in [6.45, 7) is 1.56. The lowest BCUT2D eigenvalue weighted by Crippen LogP contribution is -2.35. The summed E-state index contributed by atoms with van der Waals surface area (Å²) in [4.78, 5) is 14.4. The Morgan fingerprint density at radius 2 is 2.10 bits per heavy atom. The minimum atomic E-state index is 0.0721. The summed E-state index contributed by atoms with van der Waals surface area (Å²) in [7, 11) is 1.65. The van der Waals surface area contributed by atoms with Crippen LogP contribution in [0.3, 0.4) is 0 Å². The van der Waals surface area contributed by atoms with Gasteiger partial charge in [-0.2, -0.15) is 0 Å². The van der Waals surface area contributed by atoms with Crippen LogP contribution in [0, 0.1) is 11.8 Å². The summed E-state index contributed by atoms with van der Waals surface area (Å²) < 4.78 is 5.08. The molecule has 1 aliphatic carbocycles. The van der Waals surface area contributed by atoms with Gasteiger partial charge >= 0.3 is 0 Å². The lowest BCUT2D eigenvalue weighted by molar-refractivity contribution is 0.0680. The standard InChI is InChI=1S/C16H20N2O2/c1-20-12-11-18(15-8-9-15)16(19)14-6-4-13(5-7-14)3-2-10-17/h4-7,15H,8-12,17H2,1H3. The van der Waals surface area contributed by atoms with Gasteiger partial charge in [-0.3, -0.25) is 4.79 Å². The molecule has 0 bridgehead atoms. The SMILES string of the molecule is COCCN(C(=O)c1ccc(C#CCN)cc1)C1CC1. The Kier molecular flexibility index (Phi) is 5.16. The molecule has 0 saturated heterocycles. The van der Waals surface area contributed by atoms with Crippen LogP contribution in [0.5, 0.6) is 0 Å². The molecule has 1 fully saturated rings. The summed E-state index contributed by atoms with van der Waals surface area (Å²) in [6, 6.07) is 7.75. The van der Waals surface area contributed by atoms with Crippen molar-refractivity contribution in [2.45, 2.75) is 18.9 Å². The summed E-state index contributed by atoms with van der Waals surface area (Å²) in [6.07, 6.45) is 2.19. The first-order valence-corrected chi connectivity index (χ1v) is 6.85. The van der Waals surface area contributed by atoms with Gasteiger partial charge in [-0.05, 0) is 37.1 Å². The van der Waals surface area contributed by atoms with Crippen LogP contribution in [-0.2, 0) is 4.74 Å². The molecular weight excluding hydrogens is 252 g/mol. The van der Waals surface area contributed by atoms with Crippen LogP contribution in [0.15, 0.2) is 24.3 Å². The van der Waals surface area contributed by atoms with Crippen molar-refractivity contribution in [1.82, 2.24) is 4.90 Å². The summed E-state index contributed by atoms with van der Waals surface area (Å²) in [5.74, 6) is 5.82. The molecule has 0 atom stereocenters. The van der Waals surface area contributed by atoms with Gasteiger partial charge in [0.2, 0.25) is 0 Å². The third kappa shape index (κ3) is 3.83. The maximum absolute atomic E-state index is 12.5. The van der Waals surface area contributed by atoms with Crippen LogP contribution in [-0.4, -0.2) is 43.7 Å². The van der Waals surface area contributed by atoms with Gasteiger partial charge in [0, 0.05) is 30.8 Å². The van der Waals surface area contributed by atoms with Gasteiger partial charge in [-0.1, -0.05) is 11.8 Å². The Morgan fingerprint density at radius 3 is 2.65 bits per heavy atom. The molecular formula is C16H20N2O2. The Hall–Kier alpha value is -1.83. The average Bonchev–Trinajstić information content (AvgIpc) is 3.30. The number of nitrogens with zero attached hydrogens (tertiary/aromatic N) is 1. The van der Waals surface area contributed by atoms with Crippen LogP contribution >= 0.6 is 0 Å². The molecule has 20 heavy (non-hydrogen) atoms. The third-order valence-electron chi connectivity index (χ3n) is 3.25. The predicted octanol–water partition coefficient (Wildman–Crippen LogP) is 1.25. The number of rotatable bonds is 5. The topological polar surface area (TPSA) is 55.6 Å². The number of benzene rings is 1. The van der Waals surface area contributed by atoms with E-state index >= 15 is 0 Å². The predicted molar refractivity (Wildman–Crippen MR) is 78.3 cm³/mol. The van der Waals surface area contributed by atoms with Gasteiger partial charge in [0.15, 0.2) is 0 Å². The van der Waals surface area contributed by atoms with Gasteiger partial charge in [-0.25, -0.2) is 0 Å². The zero-order chi connectivity index (χ0) is 14.4. The van der Waals surface area contributed by atoms with Gasteiger partial charge in [0.1, 0.15) is 0 Å². The number of hydrogen-bond donors (Lipinski definition) is 1. The van der Waals surface area contributed by atoms with E-state index in [-0.39, 0.29) is 5.91 Å². The Morgan fingerprint density at radius 1 is 1.40 bits per heavy atom. The molecule has 1 aromatic rings. The second kappa shape index (κ2) is 7.09. The first-order valence-electron chi connectivity index (χ1n) is 6.85. The number of carbonyl (C=O) groups excluding carboxylic acids is 1. The largest absolute Gasteiger partial charge is 0.383 e. The Labute approximate surface area is 119 Å². The smallest absolute Gasteiger partial charge is 0.254 e. The summed E-state index contributed by atoms with van der Waals surface area (Å²) in [5.41, 5.74) is 6.91. The van der Waals surface area contributed by atoms with Gasteiger partial charge < -0.3 is 15.4 Å². The molecule has 4 heteroatoms. The highest BCUT2D eigenvalue weighted by atomic mass is 16.5. The van der Waals surface area contributed by atoms with E-state index in [2.05, 4.69) is 11.8 Å². The molecule has 0 aromatic heterocycles. The molecule has 0 radical (unpaired) electrons.